The number of carbonyl (C=O) groups excluding carboxylic acids is 1. The number of aromatic hydroxyl groups is 1. The minimum atomic E-state index is -0.667. The number of hydrogen-bond donors (Lipinski definition) is 2. The number of nitrogens with two attached hydrogens (primary N) is 1. The zero-order valence-electron chi connectivity index (χ0n) is 7.50. The summed E-state index contributed by atoms with van der Waals surface area (Å²) in [4.78, 5) is 10.8. The van der Waals surface area contributed by atoms with Gasteiger partial charge in [0.15, 0.2) is 0 Å². The van der Waals surface area contributed by atoms with E-state index < -0.39 is 5.91 Å². The number of benzene rings is 1. The molecule has 1 amide bonds. The Bertz CT molecular complexity index is 347. The van der Waals surface area contributed by atoms with Crippen molar-refractivity contribution < 1.29 is 14.6 Å². The number of phenols is 1. The average Bonchev–Trinajstić information content (AvgIpc) is 2.09. The molecule has 0 aromatic heterocycles. The highest BCUT2D eigenvalue weighted by atomic mass is 16.5. The third-order valence-corrected chi connectivity index (χ3v) is 1.78. The van der Waals surface area contributed by atoms with E-state index in [2.05, 4.69) is 0 Å². The highest BCUT2D eigenvalue weighted by molar-refractivity contribution is 5.96. The quantitative estimate of drug-likeness (QED) is 0.709. The molecule has 0 unspecified atom stereocenters. The molecule has 13 heavy (non-hydrogen) atoms. The summed E-state index contributed by atoms with van der Waals surface area (Å²) in [5, 5.41) is 9.43. The molecule has 0 aliphatic rings. The zero-order chi connectivity index (χ0) is 10.0. The molecule has 1 rings (SSSR count). The van der Waals surface area contributed by atoms with E-state index in [9.17, 15) is 9.90 Å². The second-order valence-electron chi connectivity index (χ2n) is 2.70. The van der Waals surface area contributed by atoms with Gasteiger partial charge in [-0.2, -0.15) is 0 Å². The van der Waals surface area contributed by atoms with Crippen LogP contribution in [0.4, 0.5) is 0 Å². The molecule has 70 valence electrons. The molecule has 4 nitrogen and oxygen atoms in total. The first-order valence-electron chi connectivity index (χ1n) is 3.73. The third-order valence-electron chi connectivity index (χ3n) is 1.78. The minimum absolute atomic E-state index is 0.0804. The Hall–Kier alpha value is -1.71. The summed E-state index contributed by atoms with van der Waals surface area (Å²) in [6.07, 6.45) is 0. The SMILES string of the molecule is COc1cc(C)c(O)c(C(N)=O)c1. The first-order valence-corrected chi connectivity index (χ1v) is 3.73. The minimum Gasteiger partial charge on any atom is -0.507 e. The molecule has 0 aliphatic carbocycles. The lowest BCUT2D eigenvalue weighted by molar-refractivity contribution is 0.0997. The highest BCUT2D eigenvalue weighted by Gasteiger charge is 2.11. The van der Waals surface area contributed by atoms with E-state index in [4.69, 9.17) is 10.5 Å². The molecule has 1 aromatic rings. The molecule has 0 spiro atoms. The van der Waals surface area contributed by atoms with Crippen LogP contribution in [0.1, 0.15) is 15.9 Å². The van der Waals surface area contributed by atoms with Crippen LogP contribution in [-0.4, -0.2) is 18.1 Å². The van der Waals surface area contributed by atoms with Crippen molar-refractivity contribution in [2.45, 2.75) is 6.92 Å². The van der Waals surface area contributed by atoms with Crippen molar-refractivity contribution in [1.82, 2.24) is 0 Å². The van der Waals surface area contributed by atoms with Crippen LogP contribution in [0.3, 0.4) is 0 Å². The lowest BCUT2D eigenvalue weighted by Gasteiger charge is -2.06. The van der Waals surface area contributed by atoms with Crippen LogP contribution < -0.4 is 10.5 Å². The van der Waals surface area contributed by atoms with Crippen LogP contribution in [0.5, 0.6) is 11.5 Å². The summed E-state index contributed by atoms with van der Waals surface area (Å²) in [5.74, 6) is -0.253. The summed E-state index contributed by atoms with van der Waals surface area (Å²) >= 11 is 0. The Morgan fingerprint density at radius 1 is 1.54 bits per heavy atom. The summed E-state index contributed by atoms with van der Waals surface area (Å²) in [6, 6.07) is 3.03. The van der Waals surface area contributed by atoms with Crippen LogP contribution in [0, 0.1) is 6.92 Å². The number of amides is 1. The molecule has 0 radical (unpaired) electrons. The second-order valence-corrected chi connectivity index (χ2v) is 2.70. The lowest BCUT2D eigenvalue weighted by atomic mass is 10.1. The normalized spacial score (nSPS) is 9.69. The molecule has 0 saturated heterocycles. The standard InChI is InChI=1S/C9H11NO3/c1-5-3-6(13-2)4-7(8(5)11)9(10)12/h3-4,11H,1-2H3,(H2,10,12). The van der Waals surface area contributed by atoms with Crippen molar-refractivity contribution in [3.63, 3.8) is 0 Å². The fourth-order valence-corrected chi connectivity index (χ4v) is 1.05. The Balaban J connectivity index is 3.33. The highest BCUT2D eigenvalue weighted by Crippen LogP contribution is 2.26. The first-order chi connectivity index (χ1) is 6.06. The van der Waals surface area contributed by atoms with Crippen molar-refractivity contribution in [1.29, 1.82) is 0 Å². The number of aryl methyl sites for hydroxylation is 1. The van der Waals surface area contributed by atoms with Crippen LogP contribution in [0.25, 0.3) is 0 Å². The van der Waals surface area contributed by atoms with Crippen molar-refractivity contribution in [2.24, 2.45) is 5.73 Å². The van der Waals surface area contributed by atoms with Gasteiger partial charge < -0.3 is 15.6 Å². The number of hydrogen-bond acceptors (Lipinski definition) is 3. The van der Waals surface area contributed by atoms with E-state index in [1.807, 2.05) is 0 Å². The van der Waals surface area contributed by atoms with Gasteiger partial charge in [0.2, 0.25) is 0 Å². The molecule has 3 N–H and O–H groups in total. The number of methoxy groups -OCH3 is 1. The Kier molecular flexibility index (Phi) is 2.41. The van der Waals surface area contributed by atoms with E-state index in [-0.39, 0.29) is 11.3 Å². The van der Waals surface area contributed by atoms with Gasteiger partial charge in [-0.1, -0.05) is 0 Å². The van der Waals surface area contributed by atoms with Crippen LogP contribution in [0.2, 0.25) is 0 Å². The lowest BCUT2D eigenvalue weighted by Crippen LogP contribution is -2.11. The molecule has 0 aliphatic heterocycles. The monoisotopic (exact) mass is 181 g/mol. The number of rotatable bonds is 2. The van der Waals surface area contributed by atoms with Gasteiger partial charge in [-0.25, -0.2) is 0 Å². The zero-order valence-corrected chi connectivity index (χ0v) is 7.50. The van der Waals surface area contributed by atoms with Crippen molar-refractivity contribution in [2.75, 3.05) is 7.11 Å². The van der Waals surface area contributed by atoms with Gasteiger partial charge in [-0.15, -0.1) is 0 Å². The molecule has 4 heteroatoms. The number of ether oxygens (including phenoxy) is 1. The summed E-state index contributed by atoms with van der Waals surface area (Å²) in [7, 11) is 1.48. The van der Waals surface area contributed by atoms with E-state index in [0.717, 1.165) is 0 Å². The molecular weight excluding hydrogens is 170 g/mol. The molecule has 0 fully saturated rings. The first kappa shape index (κ1) is 9.38. The Morgan fingerprint density at radius 2 is 2.15 bits per heavy atom. The van der Waals surface area contributed by atoms with Crippen molar-refractivity contribution in [3.8, 4) is 11.5 Å². The van der Waals surface area contributed by atoms with E-state index in [1.165, 1.54) is 13.2 Å². The van der Waals surface area contributed by atoms with Gasteiger partial charge in [0.05, 0.1) is 12.7 Å². The predicted molar refractivity (Wildman–Crippen MR) is 47.9 cm³/mol. The predicted octanol–water partition coefficient (Wildman–Crippen LogP) is 0.808. The maximum absolute atomic E-state index is 10.8. The van der Waals surface area contributed by atoms with E-state index >= 15 is 0 Å². The van der Waals surface area contributed by atoms with Gasteiger partial charge in [0, 0.05) is 0 Å². The molecule has 0 bridgehead atoms. The topological polar surface area (TPSA) is 72.6 Å². The van der Waals surface area contributed by atoms with Gasteiger partial charge in [-0.3, -0.25) is 4.79 Å². The third kappa shape index (κ3) is 1.72. The smallest absolute Gasteiger partial charge is 0.252 e. The fourth-order valence-electron chi connectivity index (χ4n) is 1.05. The van der Waals surface area contributed by atoms with Crippen LogP contribution in [0.15, 0.2) is 12.1 Å². The van der Waals surface area contributed by atoms with Gasteiger partial charge in [0.1, 0.15) is 11.5 Å². The summed E-state index contributed by atoms with van der Waals surface area (Å²) in [6.45, 7) is 1.67. The van der Waals surface area contributed by atoms with Crippen molar-refractivity contribution in [3.05, 3.63) is 23.3 Å². The number of carbonyl (C=O) groups is 1. The fraction of sp³-hybridized carbons (Fsp3) is 0.222. The Labute approximate surface area is 75.9 Å². The maximum Gasteiger partial charge on any atom is 0.252 e. The molecule has 0 heterocycles. The van der Waals surface area contributed by atoms with Crippen LogP contribution in [-0.2, 0) is 0 Å². The van der Waals surface area contributed by atoms with E-state index in [1.54, 1.807) is 13.0 Å². The van der Waals surface area contributed by atoms with Crippen molar-refractivity contribution >= 4 is 5.91 Å². The second kappa shape index (κ2) is 3.35. The van der Waals surface area contributed by atoms with E-state index in [0.29, 0.717) is 11.3 Å². The van der Waals surface area contributed by atoms with Gasteiger partial charge in [-0.05, 0) is 24.6 Å². The van der Waals surface area contributed by atoms with Gasteiger partial charge in [0.25, 0.3) is 5.91 Å². The van der Waals surface area contributed by atoms with Gasteiger partial charge >= 0.3 is 0 Å². The molecule has 1 aromatic carbocycles. The Morgan fingerprint density at radius 3 is 2.62 bits per heavy atom. The largest absolute Gasteiger partial charge is 0.507 e. The summed E-state index contributed by atoms with van der Waals surface area (Å²) < 4.78 is 4.92. The van der Waals surface area contributed by atoms with Crippen LogP contribution >= 0.6 is 0 Å². The maximum atomic E-state index is 10.8. The molecular formula is C9H11NO3. The summed E-state index contributed by atoms with van der Waals surface area (Å²) in [5.41, 5.74) is 5.70. The molecule has 0 saturated carbocycles. The number of primary amides is 1. The average molecular weight is 181 g/mol. The molecule has 0 atom stereocenters.